The molecule has 0 atom stereocenters. The molecule has 0 bridgehead atoms. The predicted octanol–water partition coefficient (Wildman–Crippen LogP) is 4.34. The van der Waals surface area contributed by atoms with Crippen LogP contribution in [0.2, 0.25) is 10.0 Å². The Morgan fingerprint density at radius 3 is 1.78 bits per heavy atom. The van der Waals surface area contributed by atoms with Crippen LogP contribution >= 0.6 is 23.2 Å². The molecule has 0 aliphatic rings. The summed E-state index contributed by atoms with van der Waals surface area (Å²) >= 11 is 11.6. The van der Waals surface area contributed by atoms with Crippen molar-refractivity contribution in [2.45, 2.75) is 12.8 Å². The van der Waals surface area contributed by atoms with Crippen molar-refractivity contribution < 1.29 is 14.3 Å². The van der Waals surface area contributed by atoms with E-state index in [0.717, 1.165) is 17.5 Å². The number of esters is 1. The Balaban J connectivity index is 1.56. The lowest BCUT2D eigenvalue weighted by Crippen LogP contribution is -2.15. The van der Waals surface area contributed by atoms with E-state index in [9.17, 15) is 4.79 Å². The second-order valence-corrected chi connectivity index (χ2v) is 5.90. The molecule has 0 N–H and O–H groups in total. The van der Waals surface area contributed by atoms with Crippen LogP contribution in [-0.2, 0) is 27.1 Å². The van der Waals surface area contributed by atoms with Gasteiger partial charge in [-0.25, -0.2) is 4.79 Å². The maximum absolute atomic E-state index is 11.6. The molecule has 0 saturated carbocycles. The molecular weight excluding hydrogens is 335 g/mol. The highest BCUT2D eigenvalue weighted by atomic mass is 35.5. The number of carbonyl (C=O) groups excluding carboxylic acids is 1. The molecule has 0 unspecified atom stereocenters. The van der Waals surface area contributed by atoms with Crippen LogP contribution in [-0.4, -0.2) is 25.8 Å². The van der Waals surface area contributed by atoms with Crippen LogP contribution in [0.15, 0.2) is 48.5 Å². The van der Waals surface area contributed by atoms with Crippen molar-refractivity contribution in [1.82, 2.24) is 0 Å². The van der Waals surface area contributed by atoms with E-state index in [-0.39, 0.29) is 12.6 Å². The second-order valence-electron chi connectivity index (χ2n) is 5.03. The molecule has 0 fully saturated rings. The quantitative estimate of drug-likeness (QED) is 0.523. The number of benzene rings is 2. The van der Waals surface area contributed by atoms with E-state index in [0.29, 0.717) is 29.7 Å². The monoisotopic (exact) mass is 352 g/mol. The molecule has 5 heteroatoms. The second kappa shape index (κ2) is 9.56. The Hall–Kier alpha value is -1.55. The summed E-state index contributed by atoms with van der Waals surface area (Å²) in [6, 6.07) is 15.0. The first-order chi connectivity index (χ1) is 11.1. The van der Waals surface area contributed by atoms with Gasteiger partial charge in [-0.2, -0.15) is 0 Å². The van der Waals surface area contributed by atoms with Gasteiger partial charge in [-0.05, 0) is 41.8 Å². The van der Waals surface area contributed by atoms with E-state index in [4.69, 9.17) is 32.7 Å². The highest BCUT2D eigenvalue weighted by Crippen LogP contribution is 2.10. The number of hydrogen-bond acceptors (Lipinski definition) is 3. The molecule has 0 radical (unpaired) electrons. The van der Waals surface area contributed by atoms with Crippen LogP contribution in [0.5, 0.6) is 0 Å². The largest absolute Gasteiger partial charge is 0.464 e. The van der Waals surface area contributed by atoms with E-state index in [1.54, 1.807) is 0 Å². The minimum atomic E-state index is -0.352. The number of halogens is 2. The van der Waals surface area contributed by atoms with Gasteiger partial charge in [0.15, 0.2) is 0 Å². The highest BCUT2D eigenvalue weighted by molar-refractivity contribution is 6.30. The molecule has 122 valence electrons. The van der Waals surface area contributed by atoms with Crippen LogP contribution in [0.4, 0.5) is 0 Å². The molecule has 2 aromatic rings. The van der Waals surface area contributed by atoms with E-state index in [1.807, 2.05) is 48.5 Å². The molecule has 0 amide bonds. The van der Waals surface area contributed by atoms with Gasteiger partial charge in [-0.15, -0.1) is 0 Å². The molecule has 0 spiro atoms. The average Bonchev–Trinajstić information content (AvgIpc) is 2.55. The van der Waals surface area contributed by atoms with Gasteiger partial charge < -0.3 is 9.47 Å². The zero-order valence-corrected chi connectivity index (χ0v) is 14.1. The predicted molar refractivity (Wildman–Crippen MR) is 92.1 cm³/mol. The summed E-state index contributed by atoms with van der Waals surface area (Å²) in [5.74, 6) is -0.352. The summed E-state index contributed by atoms with van der Waals surface area (Å²) < 4.78 is 10.5. The summed E-state index contributed by atoms with van der Waals surface area (Å²) in [6.07, 6.45) is 1.39. The van der Waals surface area contributed by atoms with Gasteiger partial charge in [-0.1, -0.05) is 47.5 Å². The maximum Gasteiger partial charge on any atom is 0.332 e. The SMILES string of the molecule is O=C(COCCc1ccc(Cl)cc1)OCCc1ccc(Cl)cc1. The van der Waals surface area contributed by atoms with E-state index in [2.05, 4.69) is 0 Å². The minimum Gasteiger partial charge on any atom is -0.464 e. The van der Waals surface area contributed by atoms with Gasteiger partial charge in [0.25, 0.3) is 0 Å². The van der Waals surface area contributed by atoms with E-state index in [1.165, 1.54) is 0 Å². The fourth-order valence-corrected chi connectivity index (χ4v) is 2.22. The Labute approximate surface area is 146 Å². The zero-order valence-electron chi connectivity index (χ0n) is 12.6. The number of hydrogen-bond donors (Lipinski definition) is 0. The summed E-state index contributed by atoms with van der Waals surface area (Å²) in [5, 5.41) is 1.40. The normalized spacial score (nSPS) is 10.5. The first-order valence-corrected chi connectivity index (χ1v) is 8.11. The third-order valence-corrected chi connectivity index (χ3v) is 3.74. The van der Waals surface area contributed by atoms with Gasteiger partial charge in [0, 0.05) is 16.5 Å². The van der Waals surface area contributed by atoms with Crippen LogP contribution in [0.1, 0.15) is 11.1 Å². The lowest BCUT2D eigenvalue weighted by atomic mass is 10.2. The third kappa shape index (κ3) is 7.04. The standard InChI is InChI=1S/C18H18Cl2O3/c19-16-5-1-14(2-6-16)9-11-22-13-18(21)23-12-10-15-3-7-17(20)8-4-15/h1-8H,9-13H2. The van der Waals surface area contributed by atoms with Crippen molar-refractivity contribution in [3.8, 4) is 0 Å². The van der Waals surface area contributed by atoms with Crippen molar-refractivity contribution in [3.63, 3.8) is 0 Å². The van der Waals surface area contributed by atoms with E-state index < -0.39 is 0 Å². The van der Waals surface area contributed by atoms with Crippen molar-refractivity contribution in [3.05, 3.63) is 69.7 Å². The molecule has 0 aliphatic heterocycles. The summed E-state index contributed by atoms with van der Waals surface area (Å²) in [5.41, 5.74) is 2.19. The summed E-state index contributed by atoms with van der Waals surface area (Å²) in [7, 11) is 0. The smallest absolute Gasteiger partial charge is 0.332 e. The maximum atomic E-state index is 11.6. The first-order valence-electron chi connectivity index (χ1n) is 7.36. The molecule has 2 rings (SSSR count). The lowest BCUT2D eigenvalue weighted by molar-refractivity contribution is -0.148. The van der Waals surface area contributed by atoms with Gasteiger partial charge in [0.2, 0.25) is 0 Å². The summed E-state index contributed by atoms with van der Waals surface area (Å²) in [4.78, 5) is 11.6. The molecule has 2 aromatic carbocycles. The molecule has 0 heterocycles. The molecule has 3 nitrogen and oxygen atoms in total. The topological polar surface area (TPSA) is 35.5 Å². The summed E-state index contributed by atoms with van der Waals surface area (Å²) in [6.45, 7) is 0.767. The highest BCUT2D eigenvalue weighted by Gasteiger charge is 2.03. The van der Waals surface area contributed by atoms with Gasteiger partial charge in [0.1, 0.15) is 6.61 Å². The number of rotatable bonds is 8. The fraction of sp³-hybridized carbons (Fsp3) is 0.278. The van der Waals surface area contributed by atoms with Gasteiger partial charge in [0.05, 0.1) is 13.2 Å². The molecule has 0 aliphatic carbocycles. The molecular formula is C18H18Cl2O3. The fourth-order valence-electron chi connectivity index (χ4n) is 1.97. The van der Waals surface area contributed by atoms with Crippen molar-refractivity contribution in [2.75, 3.05) is 19.8 Å². The van der Waals surface area contributed by atoms with Gasteiger partial charge >= 0.3 is 5.97 Å². The Bertz CT molecular complexity index is 609. The number of carbonyl (C=O) groups is 1. The van der Waals surface area contributed by atoms with Crippen LogP contribution < -0.4 is 0 Å². The first kappa shape index (κ1) is 17.8. The zero-order chi connectivity index (χ0) is 16.5. The van der Waals surface area contributed by atoms with Crippen molar-refractivity contribution in [1.29, 1.82) is 0 Å². The van der Waals surface area contributed by atoms with Crippen molar-refractivity contribution >= 4 is 29.2 Å². The van der Waals surface area contributed by atoms with Crippen LogP contribution in [0.3, 0.4) is 0 Å². The molecule has 0 saturated heterocycles. The third-order valence-electron chi connectivity index (χ3n) is 3.24. The van der Waals surface area contributed by atoms with Crippen LogP contribution in [0.25, 0.3) is 0 Å². The number of ether oxygens (including phenoxy) is 2. The molecule has 23 heavy (non-hydrogen) atoms. The Morgan fingerprint density at radius 2 is 1.26 bits per heavy atom. The molecule has 0 aromatic heterocycles. The Kier molecular flexibility index (Phi) is 7.40. The van der Waals surface area contributed by atoms with Gasteiger partial charge in [-0.3, -0.25) is 0 Å². The Morgan fingerprint density at radius 1 is 0.783 bits per heavy atom. The van der Waals surface area contributed by atoms with E-state index >= 15 is 0 Å². The lowest BCUT2D eigenvalue weighted by Gasteiger charge is -2.06. The van der Waals surface area contributed by atoms with Crippen molar-refractivity contribution in [2.24, 2.45) is 0 Å². The van der Waals surface area contributed by atoms with Crippen LogP contribution in [0, 0.1) is 0 Å². The average molecular weight is 353 g/mol. The minimum absolute atomic E-state index is 0.0335.